The molecule has 0 aliphatic heterocycles. The molecule has 1 aromatic rings. The number of carbonyl (C=O) groups is 2. The SMILES string of the molecule is COC(=O)CCOc1ccc(NC(=O)CC(CN)OC)cc1.Cl. The van der Waals surface area contributed by atoms with Gasteiger partial charge in [-0.25, -0.2) is 0 Å². The monoisotopic (exact) mass is 346 g/mol. The minimum atomic E-state index is -0.323. The highest BCUT2D eigenvalue weighted by atomic mass is 35.5. The second kappa shape index (κ2) is 11.7. The van der Waals surface area contributed by atoms with Gasteiger partial charge in [-0.05, 0) is 24.3 Å². The molecule has 0 saturated heterocycles. The normalized spacial score (nSPS) is 11.1. The number of ether oxygens (including phenoxy) is 3. The number of carbonyl (C=O) groups excluding carboxylic acids is 2. The van der Waals surface area contributed by atoms with Gasteiger partial charge in [0.15, 0.2) is 0 Å². The van der Waals surface area contributed by atoms with E-state index in [2.05, 4.69) is 10.1 Å². The molecular formula is C15H23ClN2O5. The molecule has 0 spiro atoms. The molecule has 0 aliphatic rings. The summed E-state index contributed by atoms with van der Waals surface area (Å²) < 4.78 is 15.0. The predicted octanol–water partition coefficient (Wildman–Crippen LogP) is 1.35. The number of hydrogen-bond donors (Lipinski definition) is 2. The molecule has 1 unspecified atom stereocenters. The summed E-state index contributed by atoms with van der Waals surface area (Å²) in [6.45, 7) is 0.529. The molecule has 8 heteroatoms. The predicted molar refractivity (Wildman–Crippen MR) is 88.9 cm³/mol. The van der Waals surface area contributed by atoms with E-state index in [4.69, 9.17) is 15.2 Å². The van der Waals surface area contributed by atoms with E-state index in [1.54, 1.807) is 24.3 Å². The first kappa shape index (κ1) is 21.2. The number of benzene rings is 1. The minimum absolute atomic E-state index is 0. The average molecular weight is 347 g/mol. The Morgan fingerprint density at radius 2 is 1.87 bits per heavy atom. The first-order chi connectivity index (χ1) is 10.6. The molecule has 1 atom stereocenters. The second-order valence-corrected chi connectivity index (χ2v) is 4.54. The molecule has 1 aromatic carbocycles. The second-order valence-electron chi connectivity index (χ2n) is 4.54. The van der Waals surface area contributed by atoms with Crippen molar-refractivity contribution in [1.29, 1.82) is 0 Å². The van der Waals surface area contributed by atoms with E-state index in [1.165, 1.54) is 14.2 Å². The summed E-state index contributed by atoms with van der Waals surface area (Å²) in [5.74, 6) is 0.117. The molecule has 0 heterocycles. The van der Waals surface area contributed by atoms with Gasteiger partial charge in [0.25, 0.3) is 0 Å². The van der Waals surface area contributed by atoms with Gasteiger partial charge in [0.2, 0.25) is 5.91 Å². The van der Waals surface area contributed by atoms with Gasteiger partial charge in [0.1, 0.15) is 5.75 Å². The van der Waals surface area contributed by atoms with Gasteiger partial charge < -0.3 is 25.3 Å². The molecular weight excluding hydrogens is 324 g/mol. The van der Waals surface area contributed by atoms with Crippen molar-refractivity contribution >= 4 is 30.0 Å². The van der Waals surface area contributed by atoms with Crippen LogP contribution in [-0.4, -0.2) is 45.4 Å². The van der Waals surface area contributed by atoms with Crippen molar-refractivity contribution in [3.63, 3.8) is 0 Å². The van der Waals surface area contributed by atoms with Crippen LogP contribution >= 0.6 is 12.4 Å². The highest BCUT2D eigenvalue weighted by Gasteiger charge is 2.11. The van der Waals surface area contributed by atoms with E-state index in [9.17, 15) is 9.59 Å². The average Bonchev–Trinajstić information content (AvgIpc) is 2.54. The number of methoxy groups -OCH3 is 2. The van der Waals surface area contributed by atoms with E-state index in [-0.39, 0.29) is 56.4 Å². The highest BCUT2D eigenvalue weighted by molar-refractivity contribution is 5.91. The fourth-order valence-electron chi connectivity index (χ4n) is 1.67. The Morgan fingerprint density at radius 1 is 1.22 bits per heavy atom. The van der Waals surface area contributed by atoms with Crippen LogP contribution in [0.25, 0.3) is 0 Å². The van der Waals surface area contributed by atoms with Gasteiger partial charge in [0.05, 0.1) is 32.7 Å². The number of esters is 1. The van der Waals surface area contributed by atoms with E-state index in [0.717, 1.165) is 0 Å². The van der Waals surface area contributed by atoms with Crippen molar-refractivity contribution in [1.82, 2.24) is 0 Å². The van der Waals surface area contributed by atoms with Gasteiger partial charge in [0, 0.05) is 19.3 Å². The summed E-state index contributed by atoms with van der Waals surface area (Å²) in [5, 5.41) is 2.75. The van der Waals surface area contributed by atoms with Crippen LogP contribution in [0.2, 0.25) is 0 Å². The molecule has 1 amide bonds. The standard InChI is InChI=1S/C15H22N2O5.ClH/c1-20-13(10-16)9-14(18)17-11-3-5-12(6-4-11)22-8-7-15(19)21-2;/h3-6,13H,7-10,16H2,1-2H3,(H,17,18);1H. The molecule has 0 radical (unpaired) electrons. The van der Waals surface area contributed by atoms with Crippen LogP contribution in [-0.2, 0) is 19.1 Å². The van der Waals surface area contributed by atoms with Crippen molar-refractivity contribution in [3.05, 3.63) is 24.3 Å². The Kier molecular flexibility index (Phi) is 10.8. The number of nitrogens with one attached hydrogen (secondary N) is 1. The lowest BCUT2D eigenvalue weighted by molar-refractivity contribution is -0.141. The molecule has 1 rings (SSSR count). The van der Waals surface area contributed by atoms with Gasteiger partial charge in [-0.3, -0.25) is 9.59 Å². The molecule has 130 valence electrons. The first-order valence-electron chi connectivity index (χ1n) is 6.91. The summed E-state index contributed by atoms with van der Waals surface area (Å²) in [6, 6.07) is 6.86. The summed E-state index contributed by atoms with van der Waals surface area (Å²) in [7, 11) is 2.85. The molecule has 7 nitrogen and oxygen atoms in total. The zero-order chi connectivity index (χ0) is 16.4. The zero-order valence-corrected chi connectivity index (χ0v) is 14.1. The van der Waals surface area contributed by atoms with Crippen LogP contribution in [0, 0.1) is 0 Å². The van der Waals surface area contributed by atoms with Gasteiger partial charge in [-0.2, -0.15) is 0 Å². The molecule has 0 aromatic heterocycles. The topological polar surface area (TPSA) is 99.9 Å². The van der Waals surface area contributed by atoms with Crippen LogP contribution in [0.1, 0.15) is 12.8 Å². The third-order valence-electron chi connectivity index (χ3n) is 2.95. The molecule has 23 heavy (non-hydrogen) atoms. The van der Waals surface area contributed by atoms with E-state index >= 15 is 0 Å². The Bertz CT molecular complexity index is 477. The smallest absolute Gasteiger partial charge is 0.308 e. The van der Waals surface area contributed by atoms with Crippen LogP contribution in [0.15, 0.2) is 24.3 Å². The number of anilines is 1. The Hall–Kier alpha value is -1.83. The minimum Gasteiger partial charge on any atom is -0.493 e. The first-order valence-corrected chi connectivity index (χ1v) is 6.91. The Morgan fingerprint density at radius 3 is 2.39 bits per heavy atom. The largest absolute Gasteiger partial charge is 0.493 e. The number of amides is 1. The molecule has 0 bridgehead atoms. The summed E-state index contributed by atoms with van der Waals surface area (Å²) in [4.78, 5) is 22.7. The van der Waals surface area contributed by atoms with Crippen molar-refractivity contribution in [2.75, 3.05) is 32.7 Å². The summed E-state index contributed by atoms with van der Waals surface area (Å²) >= 11 is 0. The van der Waals surface area contributed by atoms with Crippen LogP contribution < -0.4 is 15.8 Å². The third-order valence-corrected chi connectivity index (χ3v) is 2.95. The van der Waals surface area contributed by atoms with E-state index < -0.39 is 0 Å². The van der Waals surface area contributed by atoms with Crippen molar-refractivity contribution < 1.29 is 23.8 Å². The Balaban J connectivity index is 0.00000484. The van der Waals surface area contributed by atoms with Gasteiger partial charge in [-0.15, -0.1) is 12.4 Å². The van der Waals surface area contributed by atoms with Crippen LogP contribution in [0.3, 0.4) is 0 Å². The highest BCUT2D eigenvalue weighted by Crippen LogP contribution is 2.16. The Labute approximate surface area is 141 Å². The number of rotatable bonds is 9. The molecule has 0 fully saturated rings. The molecule has 0 aliphatic carbocycles. The fourth-order valence-corrected chi connectivity index (χ4v) is 1.67. The molecule has 3 N–H and O–H groups in total. The maximum atomic E-state index is 11.8. The van der Waals surface area contributed by atoms with E-state index in [1.807, 2.05) is 0 Å². The zero-order valence-electron chi connectivity index (χ0n) is 13.2. The van der Waals surface area contributed by atoms with Crippen molar-refractivity contribution in [3.8, 4) is 5.75 Å². The van der Waals surface area contributed by atoms with Crippen LogP contribution in [0.4, 0.5) is 5.69 Å². The lowest BCUT2D eigenvalue weighted by Gasteiger charge is -2.13. The maximum Gasteiger partial charge on any atom is 0.308 e. The van der Waals surface area contributed by atoms with Gasteiger partial charge in [-0.1, -0.05) is 0 Å². The third kappa shape index (κ3) is 8.39. The van der Waals surface area contributed by atoms with Crippen LogP contribution in [0.5, 0.6) is 5.75 Å². The summed E-state index contributed by atoms with van der Waals surface area (Å²) in [6.07, 6.45) is 0.0950. The quantitative estimate of drug-likeness (QED) is 0.655. The number of halogens is 1. The maximum absolute atomic E-state index is 11.8. The fraction of sp³-hybridized carbons (Fsp3) is 0.467. The van der Waals surface area contributed by atoms with Crippen molar-refractivity contribution in [2.45, 2.75) is 18.9 Å². The number of hydrogen-bond acceptors (Lipinski definition) is 6. The molecule has 0 saturated carbocycles. The number of nitrogens with two attached hydrogens (primary N) is 1. The lowest BCUT2D eigenvalue weighted by Crippen LogP contribution is -2.28. The lowest BCUT2D eigenvalue weighted by atomic mass is 10.2. The van der Waals surface area contributed by atoms with E-state index in [0.29, 0.717) is 11.4 Å². The van der Waals surface area contributed by atoms with Crippen molar-refractivity contribution in [2.24, 2.45) is 5.73 Å². The van der Waals surface area contributed by atoms with Gasteiger partial charge >= 0.3 is 5.97 Å². The summed E-state index contributed by atoms with van der Waals surface area (Å²) in [5.41, 5.74) is 6.12.